The van der Waals surface area contributed by atoms with Crippen LogP contribution in [0.5, 0.6) is 0 Å². The first-order valence-electron chi connectivity index (χ1n) is 7.07. The minimum Gasteiger partial charge on any atom is -0.381 e. The van der Waals surface area contributed by atoms with Crippen molar-refractivity contribution in [3.63, 3.8) is 0 Å². The van der Waals surface area contributed by atoms with Crippen LogP contribution in [0.3, 0.4) is 0 Å². The number of carbonyl (C=O) groups is 1. The Labute approximate surface area is 119 Å². The Hall–Kier alpha value is -1.40. The number of nitrogens with one attached hydrogen (secondary N) is 1. The van der Waals surface area contributed by atoms with Crippen molar-refractivity contribution in [2.24, 2.45) is 11.7 Å². The van der Waals surface area contributed by atoms with E-state index in [9.17, 15) is 4.79 Å². The van der Waals surface area contributed by atoms with Crippen molar-refractivity contribution in [3.8, 4) is 0 Å². The summed E-state index contributed by atoms with van der Waals surface area (Å²) < 4.78 is 7.11. The summed E-state index contributed by atoms with van der Waals surface area (Å²) >= 11 is 0. The minimum atomic E-state index is -0.489. The molecule has 3 N–H and O–H groups in total. The number of carbonyl (C=O) groups excluding carboxylic acids is 1. The van der Waals surface area contributed by atoms with Crippen molar-refractivity contribution in [1.29, 1.82) is 0 Å². The molecule has 1 atom stereocenters. The molecule has 6 nitrogen and oxygen atoms in total. The Morgan fingerprint density at radius 2 is 2.15 bits per heavy atom. The number of hydrogen-bond acceptors (Lipinski definition) is 4. The molecule has 112 valence electrons. The SMILES string of the molecule is CC(C)(C)n1cc(NC(=O)C(N)C2CCOCC2)cn1. The average molecular weight is 280 g/mol. The van der Waals surface area contributed by atoms with Crippen LogP contribution >= 0.6 is 0 Å². The average Bonchev–Trinajstić information content (AvgIpc) is 2.87. The first kappa shape index (κ1) is 15.0. The predicted molar refractivity (Wildman–Crippen MR) is 77.4 cm³/mol. The molecular weight excluding hydrogens is 256 g/mol. The summed E-state index contributed by atoms with van der Waals surface area (Å²) in [5.74, 6) is 0.0479. The molecule has 1 aliphatic rings. The lowest BCUT2D eigenvalue weighted by Gasteiger charge is -2.26. The molecule has 2 heterocycles. The van der Waals surface area contributed by atoms with Crippen LogP contribution in [0, 0.1) is 5.92 Å². The number of amides is 1. The number of hydrogen-bond donors (Lipinski definition) is 2. The fourth-order valence-electron chi connectivity index (χ4n) is 2.27. The molecular formula is C14H24N4O2. The van der Waals surface area contributed by atoms with E-state index in [1.54, 1.807) is 6.20 Å². The Morgan fingerprint density at radius 1 is 1.50 bits per heavy atom. The summed E-state index contributed by atoms with van der Waals surface area (Å²) in [7, 11) is 0. The van der Waals surface area contributed by atoms with Crippen molar-refractivity contribution in [2.45, 2.75) is 45.2 Å². The van der Waals surface area contributed by atoms with E-state index in [1.807, 2.05) is 10.9 Å². The zero-order valence-electron chi connectivity index (χ0n) is 12.4. The van der Waals surface area contributed by atoms with Crippen LogP contribution in [-0.4, -0.2) is 34.9 Å². The zero-order chi connectivity index (χ0) is 14.8. The van der Waals surface area contributed by atoms with Crippen LogP contribution in [0.4, 0.5) is 5.69 Å². The summed E-state index contributed by atoms with van der Waals surface area (Å²) in [5, 5.41) is 7.10. The van der Waals surface area contributed by atoms with E-state index >= 15 is 0 Å². The monoisotopic (exact) mass is 280 g/mol. The number of nitrogens with two attached hydrogens (primary N) is 1. The summed E-state index contributed by atoms with van der Waals surface area (Å²) in [5.41, 5.74) is 6.62. The van der Waals surface area contributed by atoms with E-state index in [-0.39, 0.29) is 17.4 Å². The highest BCUT2D eigenvalue weighted by molar-refractivity contribution is 5.94. The van der Waals surface area contributed by atoms with Crippen LogP contribution in [0.15, 0.2) is 12.4 Å². The molecule has 0 radical (unpaired) electrons. The van der Waals surface area contributed by atoms with Gasteiger partial charge in [0.15, 0.2) is 0 Å². The Balaban J connectivity index is 1.95. The van der Waals surface area contributed by atoms with Gasteiger partial charge in [0, 0.05) is 19.4 Å². The summed E-state index contributed by atoms with van der Waals surface area (Å²) in [4.78, 5) is 12.2. The maximum atomic E-state index is 12.2. The maximum absolute atomic E-state index is 12.2. The van der Waals surface area contributed by atoms with Gasteiger partial charge in [-0.3, -0.25) is 9.48 Å². The molecule has 20 heavy (non-hydrogen) atoms. The van der Waals surface area contributed by atoms with Crippen LogP contribution < -0.4 is 11.1 Å². The van der Waals surface area contributed by atoms with Gasteiger partial charge >= 0.3 is 0 Å². The first-order chi connectivity index (χ1) is 9.38. The Morgan fingerprint density at radius 3 is 2.70 bits per heavy atom. The van der Waals surface area contributed by atoms with Crippen molar-refractivity contribution >= 4 is 11.6 Å². The maximum Gasteiger partial charge on any atom is 0.241 e. The molecule has 0 bridgehead atoms. The van der Waals surface area contributed by atoms with Gasteiger partial charge in [-0.1, -0.05) is 0 Å². The number of nitrogens with zero attached hydrogens (tertiary/aromatic N) is 2. The van der Waals surface area contributed by atoms with Gasteiger partial charge in [-0.25, -0.2) is 0 Å². The molecule has 1 unspecified atom stereocenters. The molecule has 0 spiro atoms. The second-order valence-corrected chi connectivity index (χ2v) is 6.31. The largest absolute Gasteiger partial charge is 0.381 e. The highest BCUT2D eigenvalue weighted by Gasteiger charge is 2.27. The quantitative estimate of drug-likeness (QED) is 0.875. The third-order valence-corrected chi connectivity index (χ3v) is 3.61. The van der Waals surface area contributed by atoms with Gasteiger partial charge in [0.1, 0.15) is 0 Å². The van der Waals surface area contributed by atoms with Crippen molar-refractivity contribution in [3.05, 3.63) is 12.4 Å². The van der Waals surface area contributed by atoms with Gasteiger partial charge < -0.3 is 15.8 Å². The molecule has 0 aromatic carbocycles. The fourth-order valence-corrected chi connectivity index (χ4v) is 2.27. The van der Waals surface area contributed by atoms with Crippen molar-refractivity contribution in [2.75, 3.05) is 18.5 Å². The van der Waals surface area contributed by atoms with Gasteiger partial charge in [0.2, 0.25) is 5.91 Å². The van der Waals surface area contributed by atoms with Crippen molar-refractivity contribution < 1.29 is 9.53 Å². The second kappa shape index (κ2) is 5.93. The van der Waals surface area contributed by atoms with E-state index in [0.29, 0.717) is 18.9 Å². The molecule has 1 fully saturated rings. The van der Waals surface area contributed by atoms with Gasteiger partial charge in [0.05, 0.1) is 23.5 Å². The highest BCUT2D eigenvalue weighted by Crippen LogP contribution is 2.20. The lowest BCUT2D eigenvalue weighted by atomic mass is 9.92. The zero-order valence-corrected chi connectivity index (χ0v) is 12.4. The number of anilines is 1. The molecule has 6 heteroatoms. The lowest BCUT2D eigenvalue weighted by Crippen LogP contribution is -2.43. The summed E-state index contributed by atoms with van der Waals surface area (Å²) in [6.45, 7) is 7.54. The van der Waals surface area contributed by atoms with Crippen molar-refractivity contribution in [1.82, 2.24) is 9.78 Å². The topological polar surface area (TPSA) is 82.2 Å². The predicted octanol–water partition coefficient (Wildman–Crippen LogP) is 1.33. The number of rotatable bonds is 3. The second-order valence-electron chi connectivity index (χ2n) is 6.31. The van der Waals surface area contributed by atoms with Crippen LogP contribution in [0.2, 0.25) is 0 Å². The van der Waals surface area contributed by atoms with E-state index in [2.05, 4.69) is 31.2 Å². The first-order valence-corrected chi connectivity index (χ1v) is 7.07. The van der Waals surface area contributed by atoms with Crippen LogP contribution in [-0.2, 0) is 15.1 Å². The molecule has 1 aromatic heterocycles. The minimum absolute atomic E-state index is 0.105. The number of aromatic nitrogens is 2. The molecule has 1 aromatic rings. The lowest BCUT2D eigenvalue weighted by molar-refractivity contribution is -0.119. The van der Waals surface area contributed by atoms with Crippen LogP contribution in [0.25, 0.3) is 0 Å². The van der Waals surface area contributed by atoms with Gasteiger partial charge in [-0.2, -0.15) is 5.10 Å². The van der Waals surface area contributed by atoms with E-state index < -0.39 is 6.04 Å². The Bertz CT molecular complexity index is 458. The normalized spacial score (nSPS) is 18.8. The molecule has 0 saturated carbocycles. The third kappa shape index (κ3) is 3.58. The summed E-state index contributed by atoms with van der Waals surface area (Å²) in [6, 6.07) is -0.489. The molecule has 0 aliphatic carbocycles. The fraction of sp³-hybridized carbons (Fsp3) is 0.714. The summed E-state index contributed by atoms with van der Waals surface area (Å²) in [6.07, 6.45) is 5.17. The molecule has 1 amide bonds. The van der Waals surface area contributed by atoms with Crippen LogP contribution in [0.1, 0.15) is 33.6 Å². The highest BCUT2D eigenvalue weighted by atomic mass is 16.5. The smallest absolute Gasteiger partial charge is 0.241 e. The standard InChI is InChI=1S/C14H24N4O2/c1-14(2,3)18-9-11(8-16-18)17-13(19)12(15)10-4-6-20-7-5-10/h8-10,12H,4-7,15H2,1-3H3,(H,17,19). The molecule has 1 saturated heterocycles. The third-order valence-electron chi connectivity index (χ3n) is 3.61. The Kier molecular flexibility index (Phi) is 4.45. The van der Waals surface area contributed by atoms with Gasteiger partial charge in [-0.05, 0) is 39.5 Å². The van der Waals surface area contributed by atoms with E-state index in [1.165, 1.54) is 0 Å². The molecule has 2 rings (SSSR count). The number of ether oxygens (including phenoxy) is 1. The van der Waals surface area contributed by atoms with Gasteiger partial charge in [-0.15, -0.1) is 0 Å². The molecule has 1 aliphatic heterocycles. The van der Waals surface area contributed by atoms with E-state index in [4.69, 9.17) is 10.5 Å². The van der Waals surface area contributed by atoms with Gasteiger partial charge in [0.25, 0.3) is 0 Å². The van der Waals surface area contributed by atoms with E-state index in [0.717, 1.165) is 12.8 Å².